The van der Waals surface area contributed by atoms with Crippen LogP contribution in [0.25, 0.3) is 0 Å². The molecule has 1 aromatic heterocycles. The Morgan fingerprint density at radius 1 is 1.29 bits per heavy atom. The SMILES string of the molecule is CSc1ccccc1C(=O)NCc1cc(C(=O)O)c(C)o1. The van der Waals surface area contributed by atoms with Gasteiger partial charge >= 0.3 is 5.97 Å². The maximum absolute atomic E-state index is 12.1. The van der Waals surface area contributed by atoms with E-state index in [0.29, 0.717) is 17.1 Å². The van der Waals surface area contributed by atoms with Crippen LogP contribution in [-0.2, 0) is 6.54 Å². The van der Waals surface area contributed by atoms with Gasteiger partial charge in [-0.05, 0) is 31.4 Å². The number of benzene rings is 1. The van der Waals surface area contributed by atoms with Crippen LogP contribution in [0.2, 0.25) is 0 Å². The lowest BCUT2D eigenvalue weighted by atomic mass is 10.2. The Labute approximate surface area is 126 Å². The molecule has 0 aliphatic carbocycles. The average Bonchev–Trinajstić information content (AvgIpc) is 2.86. The molecule has 0 spiro atoms. The van der Waals surface area contributed by atoms with E-state index >= 15 is 0 Å². The number of carboxylic acid groups (broad SMARTS) is 1. The molecule has 5 nitrogen and oxygen atoms in total. The zero-order valence-corrected chi connectivity index (χ0v) is 12.5. The number of nitrogens with one attached hydrogen (secondary N) is 1. The van der Waals surface area contributed by atoms with Crippen LogP contribution >= 0.6 is 11.8 Å². The zero-order chi connectivity index (χ0) is 15.4. The van der Waals surface area contributed by atoms with Crippen LogP contribution in [0.1, 0.15) is 32.2 Å². The second-order valence-electron chi connectivity index (χ2n) is 4.37. The molecule has 0 bridgehead atoms. The number of rotatable bonds is 5. The second kappa shape index (κ2) is 6.49. The van der Waals surface area contributed by atoms with Crippen molar-refractivity contribution in [1.29, 1.82) is 0 Å². The van der Waals surface area contributed by atoms with Crippen molar-refractivity contribution in [2.75, 3.05) is 6.26 Å². The maximum atomic E-state index is 12.1. The van der Waals surface area contributed by atoms with Crippen molar-refractivity contribution in [3.05, 3.63) is 53.0 Å². The van der Waals surface area contributed by atoms with Gasteiger partial charge in [0.1, 0.15) is 17.1 Å². The molecule has 2 aromatic rings. The monoisotopic (exact) mass is 305 g/mol. The predicted octanol–water partition coefficient (Wildman–Crippen LogP) is 2.94. The lowest BCUT2D eigenvalue weighted by Crippen LogP contribution is -2.23. The van der Waals surface area contributed by atoms with Gasteiger partial charge in [0.15, 0.2) is 0 Å². The number of aromatic carboxylic acids is 1. The number of carboxylic acids is 1. The van der Waals surface area contributed by atoms with Gasteiger partial charge in [0.25, 0.3) is 5.91 Å². The van der Waals surface area contributed by atoms with Crippen molar-refractivity contribution in [3.63, 3.8) is 0 Å². The van der Waals surface area contributed by atoms with E-state index in [1.54, 1.807) is 19.1 Å². The summed E-state index contributed by atoms with van der Waals surface area (Å²) in [5.74, 6) is -0.511. The molecule has 21 heavy (non-hydrogen) atoms. The first-order valence-corrected chi connectivity index (χ1v) is 7.49. The van der Waals surface area contributed by atoms with Crippen LogP contribution in [0.4, 0.5) is 0 Å². The van der Waals surface area contributed by atoms with Crippen LogP contribution in [0.3, 0.4) is 0 Å². The number of carbonyl (C=O) groups is 2. The fourth-order valence-corrected chi connectivity index (χ4v) is 2.53. The Morgan fingerprint density at radius 2 is 2.00 bits per heavy atom. The summed E-state index contributed by atoms with van der Waals surface area (Å²) in [5.41, 5.74) is 0.704. The summed E-state index contributed by atoms with van der Waals surface area (Å²) in [6.07, 6.45) is 1.90. The fraction of sp³-hybridized carbons (Fsp3) is 0.200. The Hall–Kier alpha value is -2.21. The Bertz CT molecular complexity index is 678. The molecule has 110 valence electrons. The molecule has 1 amide bonds. The molecule has 0 unspecified atom stereocenters. The first-order valence-electron chi connectivity index (χ1n) is 6.26. The lowest BCUT2D eigenvalue weighted by Gasteiger charge is -2.07. The molecular weight excluding hydrogens is 290 g/mol. The number of hydrogen-bond acceptors (Lipinski definition) is 4. The van der Waals surface area contributed by atoms with Crippen molar-refractivity contribution in [1.82, 2.24) is 5.32 Å². The van der Waals surface area contributed by atoms with E-state index in [0.717, 1.165) is 4.90 Å². The van der Waals surface area contributed by atoms with Gasteiger partial charge in [-0.2, -0.15) is 0 Å². The van der Waals surface area contributed by atoms with E-state index in [4.69, 9.17) is 9.52 Å². The minimum absolute atomic E-state index is 0.115. The molecule has 0 radical (unpaired) electrons. The van der Waals surface area contributed by atoms with Crippen molar-refractivity contribution in [2.45, 2.75) is 18.4 Å². The molecule has 0 aliphatic rings. The van der Waals surface area contributed by atoms with Crippen molar-refractivity contribution in [2.24, 2.45) is 0 Å². The van der Waals surface area contributed by atoms with Crippen molar-refractivity contribution in [3.8, 4) is 0 Å². The highest BCUT2D eigenvalue weighted by Crippen LogP contribution is 2.20. The topological polar surface area (TPSA) is 79.5 Å². The Balaban J connectivity index is 2.07. The van der Waals surface area contributed by atoms with E-state index in [2.05, 4.69) is 5.32 Å². The molecule has 0 atom stereocenters. The fourth-order valence-electron chi connectivity index (χ4n) is 1.94. The highest BCUT2D eigenvalue weighted by molar-refractivity contribution is 7.98. The van der Waals surface area contributed by atoms with E-state index in [1.165, 1.54) is 17.8 Å². The van der Waals surface area contributed by atoms with Gasteiger partial charge in [0.05, 0.1) is 12.1 Å². The molecule has 0 fully saturated rings. The molecule has 1 heterocycles. The first-order chi connectivity index (χ1) is 10.0. The zero-order valence-electron chi connectivity index (χ0n) is 11.7. The maximum Gasteiger partial charge on any atom is 0.339 e. The van der Waals surface area contributed by atoms with Crippen molar-refractivity contribution < 1.29 is 19.1 Å². The normalized spacial score (nSPS) is 10.4. The summed E-state index contributed by atoms with van der Waals surface area (Å²) in [4.78, 5) is 24.0. The third kappa shape index (κ3) is 3.46. The van der Waals surface area contributed by atoms with Gasteiger partial charge in [-0.15, -0.1) is 11.8 Å². The van der Waals surface area contributed by atoms with Gasteiger partial charge < -0.3 is 14.8 Å². The summed E-state index contributed by atoms with van der Waals surface area (Å²) >= 11 is 1.49. The van der Waals surface area contributed by atoms with E-state index in [9.17, 15) is 9.59 Å². The van der Waals surface area contributed by atoms with Gasteiger partial charge in [0.2, 0.25) is 0 Å². The van der Waals surface area contributed by atoms with E-state index in [-0.39, 0.29) is 18.0 Å². The van der Waals surface area contributed by atoms with Crippen LogP contribution in [-0.4, -0.2) is 23.2 Å². The first kappa shape index (κ1) is 15.2. The number of aryl methyl sites for hydroxylation is 1. The van der Waals surface area contributed by atoms with Gasteiger partial charge in [-0.3, -0.25) is 4.79 Å². The minimum Gasteiger partial charge on any atom is -0.478 e. The standard InChI is InChI=1S/C15H15NO4S/c1-9-12(15(18)19)7-10(20-9)8-16-14(17)11-5-3-4-6-13(11)21-2/h3-7H,8H2,1-2H3,(H,16,17)(H,18,19). The second-order valence-corrected chi connectivity index (χ2v) is 5.22. The van der Waals surface area contributed by atoms with Gasteiger partial charge in [-0.25, -0.2) is 4.79 Å². The summed E-state index contributed by atoms with van der Waals surface area (Å²) in [7, 11) is 0. The van der Waals surface area contributed by atoms with Crippen LogP contribution in [0, 0.1) is 6.92 Å². The van der Waals surface area contributed by atoms with Crippen LogP contribution < -0.4 is 5.32 Å². The number of carbonyl (C=O) groups excluding carboxylic acids is 1. The summed E-state index contributed by atoms with van der Waals surface area (Å²) in [6.45, 7) is 1.73. The highest BCUT2D eigenvalue weighted by atomic mass is 32.2. The lowest BCUT2D eigenvalue weighted by molar-refractivity contribution is 0.0694. The third-order valence-electron chi connectivity index (χ3n) is 2.97. The molecular formula is C15H15NO4S. The third-order valence-corrected chi connectivity index (χ3v) is 3.77. The Morgan fingerprint density at radius 3 is 2.62 bits per heavy atom. The van der Waals surface area contributed by atoms with Crippen molar-refractivity contribution >= 4 is 23.6 Å². The van der Waals surface area contributed by atoms with Gasteiger partial charge in [0, 0.05) is 4.90 Å². The quantitative estimate of drug-likeness (QED) is 0.830. The summed E-state index contributed by atoms with van der Waals surface area (Å²) < 4.78 is 5.32. The van der Waals surface area contributed by atoms with Crippen LogP contribution in [0.15, 0.2) is 39.6 Å². The number of hydrogen-bond donors (Lipinski definition) is 2. The molecule has 6 heteroatoms. The largest absolute Gasteiger partial charge is 0.478 e. The molecule has 1 aromatic carbocycles. The van der Waals surface area contributed by atoms with Gasteiger partial charge in [-0.1, -0.05) is 12.1 Å². The number of furan rings is 1. The Kier molecular flexibility index (Phi) is 4.70. The highest BCUT2D eigenvalue weighted by Gasteiger charge is 2.15. The predicted molar refractivity (Wildman–Crippen MR) is 79.8 cm³/mol. The number of thioether (sulfide) groups is 1. The average molecular weight is 305 g/mol. The summed E-state index contributed by atoms with van der Waals surface area (Å²) in [5, 5.41) is 11.7. The minimum atomic E-state index is -1.04. The molecule has 2 N–H and O–H groups in total. The van der Waals surface area contributed by atoms with Crippen LogP contribution in [0.5, 0.6) is 0 Å². The molecule has 0 aliphatic heterocycles. The number of amides is 1. The van der Waals surface area contributed by atoms with E-state index in [1.807, 2.05) is 18.4 Å². The molecule has 0 saturated heterocycles. The summed E-state index contributed by atoms with van der Waals surface area (Å²) in [6, 6.07) is 8.72. The molecule has 2 rings (SSSR count). The molecule has 0 saturated carbocycles. The smallest absolute Gasteiger partial charge is 0.339 e. The van der Waals surface area contributed by atoms with E-state index < -0.39 is 5.97 Å².